The predicted octanol–water partition coefficient (Wildman–Crippen LogP) is 4.16. The Bertz CT molecular complexity index is 1420. The zero-order chi connectivity index (χ0) is 22.3. The number of sulfonamides is 1. The van der Waals surface area contributed by atoms with Crippen LogP contribution in [0.5, 0.6) is 0 Å². The van der Waals surface area contributed by atoms with Gasteiger partial charge in [0.05, 0.1) is 4.90 Å². The average molecular weight is 453 g/mol. The molecule has 0 amide bonds. The molecule has 0 fully saturated rings. The summed E-state index contributed by atoms with van der Waals surface area (Å²) < 4.78 is 34.9. The summed E-state index contributed by atoms with van der Waals surface area (Å²) in [6.07, 6.45) is 5.95. The zero-order valence-electron chi connectivity index (χ0n) is 17.4. The number of aromatic nitrogens is 1. The molecule has 4 aromatic rings. The number of carboxylic acids is 1. The number of nitrogens with one attached hydrogen (secondary N) is 2. The lowest BCUT2D eigenvalue weighted by molar-refractivity contribution is -0.139. The fourth-order valence-corrected chi connectivity index (χ4v) is 6.10. The topological polar surface area (TPSA) is 112 Å². The van der Waals surface area contributed by atoms with Crippen molar-refractivity contribution < 1.29 is 22.7 Å². The second kappa shape index (κ2) is 8.11. The molecule has 0 spiro atoms. The molecule has 8 heteroatoms. The minimum absolute atomic E-state index is 0.0836. The first-order chi connectivity index (χ1) is 15.4. The molecule has 166 valence electrons. The minimum atomic E-state index is -4.07. The van der Waals surface area contributed by atoms with Gasteiger partial charge in [-0.2, -0.15) is 4.72 Å². The molecule has 0 unspecified atom stereocenters. The Hall–Kier alpha value is -3.10. The van der Waals surface area contributed by atoms with Gasteiger partial charge in [0.1, 0.15) is 17.4 Å². The minimum Gasteiger partial charge on any atom is -0.480 e. The number of rotatable bonds is 7. The maximum absolute atomic E-state index is 13.3. The molecule has 0 saturated heterocycles. The van der Waals surface area contributed by atoms with E-state index >= 15 is 0 Å². The van der Waals surface area contributed by atoms with E-state index in [2.05, 4.69) is 9.71 Å². The van der Waals surface area contributed by atoms with Crippen LogP contribution in [0.3, 0.4) is 0 Å². The van der Waals surface area contributed by atoms with Crippen molar-refractivity contribution in [3.05, 3.63) is 65.5 Å². The smallest absolute Gasteiger partial charge is 0.321 e. The Balaban J connectivity index is 1.43. The third kappa shape index (κ3) is 3.69. The highest BCUT2D eigenvalue weighted by atomic mass is 32.2. The average Bonchev–Trinajstić information content (AvgIpc) is 3.37. The van der Waals surface area contributed by atoms with E-state index < -0.39 is 22.0 Å². The zero-order valence-corrected chi connectivity index (χ0v) is 18.2. The van der Waals surface area contributed by atoms with Gasteiger partial charge >= 0.3 is 5.97 Å². The number of para-hydroxylation sites is 1. The summed E-state index contributed by atoms with van der Waals surface area (Å²) in [7, 11) is -4.07. The summed E-state index contributed by atoms with van der Waals surface area (Å²) in [5.41, 5.74) is 3.38. The summed E-state index contributed by atoms with van der Waals surface area (Å²) in [6.45, 7) is 0. The van der Waals surface area contributed by atoms with Crippen molar-refractivity contribution in [2.24, 2.45) is 0 Å². The molecule has 2 aromatic heterocycles. The number of aromatic amines is 1. The van der Waals surface area contributed by atoms with Crippen LogP contribution < -0.4 is 4.72 Å². The molecule has 0 radical (unpaired) electrons. The molecule has 0 saturated carbocycles. The van der Waals surface area contributed by atoms with Gasteiger partial charge in [-0.3, -0.25) is 4.79 Å². The molecule has 5 rings (SSSR count). The van der Waals surface area contributed by atoms with Crippen molar-refractivity contribution in [2.75, 3.05) is 0 Å². The summed E-state index contributed by atoms with van der Waals surface area (Å²) >= 11 is 0. The summed E-state index contributed by atoms with van der Waals surface area (Å²) in [5, 5.41) is 11.3. The van der Waals surface area contributed by atoms with Gasteiger partial charge in [0, 0.05) is 34.5 Å². The number of furan rings is 1. The van der Waals surface area contributed by atoms with Crippen LogP contribution in [0, 0.1) is 0 Å². The highest BCUT2D eigenvalue weighted by Gasteiger charge is 2.29. The van der Waals surface area contributed by atoms with Crippen LogP contribution in [0.25, 0.3) is 21.9 Å². The number of hydrogen-bond acceptors (Lipinski definition) is 4. The molecule has 32 heavy (non-hydrogen) atoms. The lowest BCUT2D eigenvalue weighted by Gasteiger charge is -2.16. The summed E-state index contributed by atoms with van der Waals surface area (Å²) in [4.78, 5) is 15.2. The molecular weight excluding hydrogens is 428 g/mol. The normalized spacial score (nSPS) is 15.1. The number of aliphatic carboxylic acids is 1. The van der Waals surface area contributed by atoms with Gasteiger partial charge < -0.3 is 14.5 Å². The number of aryl methyl sites for hydroxylation is 3. The van der Waals surface area contributed by atoms with E-state index in [0.717, 1.165) is 53.5 Å². The maximum Gasteiger partial charge on any atom is 0.321 e. The lowest BCUT2D eigenvalue weighted by Crippen LogP contribution is -2.41. The Morgan fingerprint density at radius 3 is 2.78 bits per heavy atom. The van der Waals surface area contributed by atoms with E-state index in [1.165, 1.54) is 6.07 Å². The van der Waals surface area contributed by atoms with Crippen LogP contribution in [0.4, 0.5) is 0 Å². The fourth-order valence-electron chi connectivity index (χ4n) is 4.63. The van der Waals surface area contributed by atoms with Crippen molar-refractivity contribution >= 4 is 37.9 Å². The van der Waals surface area contributed by atoms with E-state index in [1.54, 1.807) is 12.1 Å². The first-order valence-corrected chi connectivity index (χ1v) is 12.3. The third-order valence-electron chi connectivity index (χ3n) is 6.20. The quantitative estimate of drug-likeness (QED) is 0.390. The number of H-pyrrole nitrogens is 1. The van der Waals surface area contributed by atoms with Crippen molar-refractivity contribution in [2.45, 2.75) is 49.5 Å². The number of fused-ring (bicyclic) bond motifs is 4. The lowest BCUT2D eigenvalue weighted by atomic mass is 9.96. The van der Waals surface area contributed by atoms with Gasteiger partial charge in [0.15, 0.2) is 0 Å². The highest BCUT2D eigenvalue weighted by molar-refractivity contribution is 7.89. The number of carboxylic acid groups (broad SMARTS) is 1. The van der Waals surface area contributed by atoms with Crippen molar-refractivity contribution in [3.63, 3.8) is 0 Å². The Morgan fingerprint density at radius 1 is 1.12 bits per heavy atom. The SMILES string of the molecule is O=C(O)[C@H](CCc1c[nH]c2ccccc12)NS(=O)(=O)c1cccc2oc3c(c12)CCCC3. The second-order valence-electron chi connectivity index (χ2n) is 8.25. The number of benzene rings is 2. The molecule has 2 heterocycles. The van der Waals surface area contributed by atoms with Crippen LogP contribution >= 0.6 is 0 Å². The van der Waals surface area contributed by atoms with Gasteiger partial charge in [0.25, 0.3) is 0 Å². The van der Waals surface area contributed by atoms with Crippen molar-refractivity contribution in [3.8, 4) is 0 Å². The molecular formula is C24H24N2O5S. The summed E-state index contributed by atoms with van der Waals surface area (Å²) in [6, 6.07) is 11.4. The van der Waals surface area contributed by atoms with Crippen molar-refractivity contribution in [1.82, 2.24) is 9.71 Å². The van der Waals surface area contributed by atoms with Crippen LogP contribution in [0.1, 0.15) is 36.1 Å². The standard InChI is InChI=1S/C24H24N2O5S/c27-24(28)19(13-12-15-14-25-18-8-3-1-6-16(15)18)26-32(29,30)22-11-5-10-21-23(22)17-7-2-4-9-20(17)31-21/h1,3,5-6,8,10-11,14,19,25-26H,2,4,7,9,12-13H2,(H,27,28)/t19-/m0/s1. The van der Waals surface area contributed by atoms with Gasteiger partial charge in [-0.05, 0) is 55.9 Å². The van der Waals surface area contributed by atoms with Crippen LogP contribution in [0.2, 0.25) is 0 Å². The molecule has 3 N–H and O–H groups in total. The highest BCUT2D eigenvalue weighted by Crippen LogP contribution is 2.35. The van der Waals surface area contributed by atoms with Gasteiger partial charge in [-0.1, -0.05) is 24.3 Å². The summed E-state index contributed by atoms with van der Waals surface area (Å²) in [5.74, 6) is -0.363. The van der Waals surface area contributed by atoms with Crippen LogP contribution in [-0.2, 0) is 34.1 Å². The van der Waals surface area contributed by atoms with E-state index in [-0.39, 0.29) is 11.3 Å². The first kappa shape index (κ1) is 20.8. The van der Waals surface area contributed by atoms with Gasteiger partial charge in [-0.15, -0.1) is 0 Å². The Labute approximate surface area is 185 Å². The molecule has 0 aliphatic heterocycles. The Morgan fingerprint density at radius 2 is 1.94 bits per heavy atom. The monoisotopic (exact) mass is 452 g/mol. The molecule has 2 aromatic carbocycles. The van der Waals surface area contributed by atoms with Crippen LogP contribution in [0.15, 0.2) is 58.0 Å². The molecule has 7 nitrogen and oxygen atoms in total. The van der Waals surface area contributed by atoms with E-state index in [4.69, 9.17) is 4.42 Å². The molecule has 1 atom stereocenters. The number of hydrogen-bond donors (Lipinski definition) is 3. The fraction of sp³-hybridized carbons (Fsp3) is 0.292. The Kier molecular flexibility index (Phi) is 5.27. The first-order valence-electron chi connectivity index (χ1n) is 10.8. The van der Waals surface area contributed by atoms with Crippen molar-refractivity contribution in [1.29, 1.82) is 0 Å². The van der Waals surface area contributed by atoms with E-state index in [0.29, 0.717) is 17.4 Å². The van der Waals surface area contributed by atoms with E-state index in [1.807, 2.05) is 30.5 Å². The third-order valence-corrected chi connectivity index (χ3v) is 7.72. The molecule has 1 aliphatic carbocycles. The van der Waals surface area contributed by atoms with Crippen LogP contribution in [-0.4, -0.2) is 30.5 Å². The molecule has 0 bridgehead atoms. The van der Waals surface area contributed by atoms with Gasteiger partial charge in [-0.25, -0.2) is 8.42 Å². The second-order valence-corrected chi connectivity index (χ2v) is 9.93. The molecule has 1 aliphatic rings. The maximum atomic E-state index is 13.3. The largest absolute Gasteiger partial charge is 0.480 e. The van der Waals surface area contributed by atoms with E-state index in [9.17, 15) is 18.3 Å². The predicted molar refractivity (Wildman–Crippen MR) is 121 cm³/mol. The number of carbonyl (C=O) groups is 1. The van der Waals surface area contributed by atoms with Gasteiger partial charge in [0.2, 0.25) is 10.0 Å².